The normalized spacial score (nSPS) is 11.4. The molecule has 0 atom stereocenters. The summed E-state index contributed by atoms with van der Waals surface area (Å²) in [5, 5.41) is 17.1. The van der Waals surface area contributed by atoms with Crippen LogP contribution in [0.1, 0.15) is 11.4 Å². The van der Waals surface area contributed by atoms with E-state index in [2.05, 4.69) is 10.2 Å². The number of nitro benzene ring substituents is 1. The molecule has 8 nitrogen and oxygen atoms in total. The molecule has 0 amide bonds. The lowest BCUT2D eigenvalue weighted by Crippen LogP contribution is -2.15. The van der Waals surface area contributed by atoms with Crippen molar-refractivity contribution in [3.63, 3.8) is 0 Å². The van der Waals surface area contributed by atoms with Gasteiger partial charge in [0.05, 0.1) is 16.3 Å². The van der Waals surface area contributed by atoms with Crippen molar-refractivity contribution in [2.24, 2.45) is 0 Å². The van der Waals surface area contributed by atoms with Gasteiger partial charge in [-0.1, -0.05) is 0 Å². The number of nitrogens with zero attached hydrogens (tertiary/aromatic N) is 2. The van der Waals surface area contributed by atoms with E-state index in [9.17, 15) is 22.9 Å². The van der Waals surface area contributed by atoms with Crippen LogP contribution in [-0.4, -0.2) is 23.5 Å². The van der Waals surface area contributed by atoms with E-state index < -0.39 is 32.1 Å². The summed E-state index contributed by atoms with van der Waals surface area (Å²) in [5.74, 6) is -0.793. The first-order valence-corrected chi connectivity index (χ1v) is 7.19. The van der Waals surface area contributed by atoms with Crippen molar-refractivity contribution in [3.8, 4) is 0 Å². The number of anilines is 1. The molecular weight excluding hydrogens is 303 g/mol. The predicted molar refractivity (Wildman–Crippen MR) is 71.9 cm³/mol. The Kier molecular flexibility index (Phi) is 3.64. The third kappa shape index (κ3) is 2.84. The lowest BCUT2D eigenvalue weighted by Gasteiger charge is -2.08. The maximum absolute atomic E-state index is 13.2. The number of rotatable bonds is 4. The van der Waals surface area contributed by atoms with Gasteiger partial charge in [-0.05, 0) is 19.9 Å². The van der Waals surface area contributed by atoms with E-state index in [0.717, 1.165) is 18.2 Å². The van der Waals surface area contributed by atoms with Crippen LogP contribution in [0.2, 0.25) is 0 Å². The minimum absolute atomic E-state index is 0.124. The van der Waals surface area contributed by atoms with Gasteiger partial charge < -0.3 is 0 Å². The van der Waals surface area contributed by atoms with Crippen LogP contribution in [-0.2, 0) is 10.0 Å². The maximum atomic E-state index is 13.2. The first-order chi connectivity index (χ1) is 9.72. The standard InChI is InChI=1S/C11H11FN4O4S/c1-6-11(7(2)14-13-6)21(19,20)15-9-5-8(12)3-4-10(9)16(17)18/h3-5,15H,1-2H3,(H,13,14). The molecule has 10 heteroatoms. The highest BCUT2D eigenvalue weighted by Gasteiger charge is 2.26. The fraction of sp³-hybridized carbons (Fsp3) is 0.182. The molecule has 2 rings (SSSR count). The van der Waals surface area contributed by atoms with Gasteiger partial charge in [0.15, 0.2) is 0 Å². The molecule has 21 heavy (non-hydrogen) atoms. The summed E-state index contributed by atoms with van der Waals surface area (Å²) in [5.41, 5.74) is -0.503. The maximum Gasteiger partial charge on any atom is 0.293 e. The van der Waals surface area contributed by atoms with Crippen LogP contribution in [0.25, 0.3) is 0 Å². The van der Waals surface area contributed by atoms with Crippen LogP contribution >= 0.6 is 0 Å². The van der Waals surface area contributed by atoms with Gasteiger partial charge in [0.1, 0.15) is 16.4 Å². The molecule has 0 saturated heterocycles. The number of aryl methyl sites for hydroxylation is 2. The molecule has 0 fully saturated rings. The molecule has 112 valence electrons. The number of hydrogen-bond donors (Lipinski definition) is 2. The van der Waals surface area contributed by atoms with E-state index >= 15 is 0 Å². The van der Waals surface area contributed by atoms with Crippen molar-refractivity contribution in [2.75, 3.05) is 4.72 Å². The van der Waals surface area contributed by atoms with Gasteiger partial charge in [-0.25, -0.2) is 12.8 Å². The highest BCUT2D eigenvalue weighted by atomic mass is 32.2. The van der Waals surface area contributed by atoms with Gasteiger partial charge in [-0.2, -0.15) is 5.10 Å². The van der Waals surface area contributed by atoms with Crippen LogP contribution in [0.5, 0.6) is 0 Å². The molecular formula is C11H11FN4O4S. The average Bonchev–Trinajstić information content (AvgIpc) is 2.68. The number of nitrogens with one attached hydrogen (secondary N) is 2. The molecule has 1 aromatic heterocycles. The zero-order valence-corrected chi connectivity index (χ0v) is 11.9. The SMILES string of the molecule is Cc1n[nH]c(C)c1S(=O)(=O)Nc1cc(F)ccc1[N+](=O)[O-]. The van der Waals surface area contributed by atoms with Crippen molar-refractivity contribution in [3.05, 3.63) is 45.5 Å². The van der Waals surface area contributed by atoms with Crippen molar-refractivity contribution < 1.29 is 17.7 Å². The Morgan fingerprint density at radius 3 is 2.57 bits per heavy atom. The molecule has 1 aromatic carbocycles. The number of sulfonamides is 1. The van der Waals surface area contributed by atoms with Crippen LogP contribution in [0.3, 0.4) is 0 Å². The number of aromatic nitrogens is 2. The Balaban J connectivity index is 2.51. The number of halogens is 1. The summed E-state index contributed by atoms with van der Waals surface area (Å²) in [6, 6.07) is 2.52. The topological polar surface area (TPSA) is 118 Å². The Hall–Kier alpha value is -2.49. The quantitative estimate of drug-likeness (QED) is 0.659. The molecule has 1 heterocycles. The molecule has 2 N–H and O–H groups in total. The number of hydrogen-bond acceptors (Lipinski definition) is 5. The van der Waals surface area contributed by atoms with Gasteiger partial charge in [0.2, 0.25) is 0 Å². The molecule has 0 aliphatic heterocycles. The highest BCUT2D eigenvalue weighted by molar-refractivity contribution is 7.92. The molecule has 2 aromatic rings. The monoisotopic (exact) mass is 314 g/mol. The van der Waals surface area contributed by atoms with Gasteiger partial charge in [0, 0.05) is 12.1 Å². The summed E-state index contributed by atoms with van der Waals surface area (Å²) in [6.07, 6.45) is 0. The van der Waals surface area contributed by atoms with Crippen LogP contribution < -0.4 is 4.72 Å². The van der Waals surface area contributed by atoms with E-state index in [-0.39, 0.29) is 16.3 Å². The first-order valence-electron chi connectivity index (χ1n) is 5.70. The van der Waals surface area contributed by atoms with Gasteiger partial charge in [0.25, 0.3) is 15.7 Å². The fourth-order valence-corrected chi connectivity index (χ4v) is 3.32. The molecule has 0 bridgehead atoms. The molecule has 0 unspecified atom stereocenters. The highest BCUT2D eigenvalue weighted by Crippen LogP contribution is 2.28. The van der Waals surface area contributed by atoms with E-state index in [4.69, 9.17) is 0 Å². The average molecular weight is 314 g/mol. The summed E-state index contributed by atoms with van der Waals surface area (Å²) in [6.45, 7) is 2.96. The fourth-order valence-electron chi connectivity index (χ4n) is 1.88. The third-order valence-corrected chi connectivity index (χ3v) is 4.36. The van der Waals surface area contributed by atoms with Crippen molar-refractivity contribution in [1.29, 1.82) is 0 Å². The van der Waals surface area contributed by atoms with Crippen molar-refractivity contribution in [1.82, 2.24) is 10.2 Å². The summed E-state index contributed by atoms with van der Waals surface area (Å²) in [4.78, 5) is 9.95. The lowest BCUT2D eigenvalue weighted by molar-refractivity contribution is -0.383. The third-order valence-electron chi connectivity index (χ3n) is 2.73. The van der Waals surface area contributed by atoms with Crippen molar-refractivity contribution >= 4 is 21.4 Å². The zero-order valence-electron chi connectivity index (χ0n) is 11.0. The molecule has 0 radical (unpaired) electrons. The van der Waals surface area contributed by atoms with E-state index in [1.807, 2.05) is 4.72 Å². The largest absolute Gasteiger partial charge is 0.293 e. The number of nitro groups is 1. The second-order valence-electron chi connectivity index (χ2n) is 4.29. The molecule has 0 aliphatic carbocycles. The lowest BCUT2D eigenvalue weighted by atomic mass is 10.3. The second-order valence-corrected chi connectivity index (χ2v) is 5.91. The Morgan fingerprint density at radius 1 is 1.38 bits per heavy atom. The van der Waals surface area contributed by atoms with Gasteiger partial charge in [-0.3, -0.25) is 19.9 Å². The van der Waals surface area contributed by atoms with E-state index in [1.165, 1.54) is 13.8 Å². The summed E-state index contributed by atoms with van der Waals surface area (Å²) in [7, 11) is -4.12. The van der Waals surface area contributed by atoms with Gasteiger partial charge >= 0.3 is 0 Å². The summed E-state index contributed by atoms with van der Waals surface area (Å²) >= 11 is 0. The number of benzene rings is 1. The number of H-pyrrole nitrogens is 1. The predicted octanol–water partition coefficient (Wildman–Crippen LogP) is 1.87. The Labute approximate surface area is 119 Å². The van der Waals surface area contributed by atoms with Crippen LogP contribution in [0.15, 0.2) is 23.1 Å². The molecule has 0 spiro atoms. The zero-order chi connectivity index (χ0) is 15.8. The number of aromatic amines is 1. The van der Waals surface area contributed by atoms with E-state index in [0.29, 0.717) is 0 Å². The Morgan fingerprint density at radius 2 is 2.05 bits per heavy atom. The van der Waals surface area contributed by atoms with Crippen LogP contribution in [0, 0.1) is 29.8 Å². The van der Waals surface area contributed by atoms with Crippen molar-refractivity contribution in [2.45, 2.75) is 18.7 Å². The first kappa shape index (κ1) is 14.9. The molecule has 0 saturated carbocycles. The minimum Gasteiger partial charge on any atom is -0.281 e. The smallest absolute Gasteiger partial charge is 0.281 e. The van der Waals surface area contributed by atoms with Gasteiger partial charge in [-0.15, -0.1) is 0 Å². The summed E-state index contributed by atoms with van der Waals surface area (Å²) < 4.78 is 39.8. The molecule has 0 aliphatic rings. The second kappa shape index (κ2) is 5.13. The minimum atomic E-state index is -4.12. The van der Waals surface area contributed by atoms with E-state index in [1.54, 1.807) is 0 Å². The van der Waals surface area contributed by atoms with Crippen LogP contribution in [0.4, 0.5) is 15.8 Å². The Bertz CT molecular complexity index is 796.